The van der Waals surface area contributed by atoms with Gasteiger partial charge in [0.25, 0.3) is 15.9 Å². The zero-order valence-electron chi connectivity index (χ0n) is 16.9. The lowest BCUT2D eigenvalue weighted by molar-refractivity contribution is 0.0784. The van der Waals surface area contributed by atoms with Crippen molar-refractivity contribution in [2.75, 3.05) is 18.4 Å². The van der Waals surface area contributed by atoms with Gasteiger partial charge in [-0.2, -0.15) is 0 Å². The SMILES string of the molecule is CCOc1ccccc1CN(C)C(=O)c1cccc(NS(=O)(=O)c2ccccc2)c1. The molecule has 0 saturated heterocycles. The molecule has 30 heavy (non-hydrogen) atoms. The monoisotopic (exact) mass is 424 g/mol. The Labute approximate surface area is 177 Å². The number of hydrogen-bond acceptors (Lipinski definition) is 4. The summed E-state index contributed by atoms with van der Waals surface area (Å²) in [5.41, 5.74) is 1.61. The number of carbonyl (C=O) groups excluding carboxylic acids is 1. The molecule has 0 aromatic heterocycles. The highest BCUT2D eigenvalue weighted by molar-refractivity contribution is 7.92. The molecule has 7 heteroatoms. The third-order valence-electron chi connectivity index (χ3n) is 4.44. The van der Waals surface area contributed by atoms with E-state index < -0.39 is 10.0 Å². The fraction of sp³-hybridized carbons (Fsp3) is 0.174. The Hall–Kier alpha value is -3.32. The van der Waals surface area contributed by atoms with E-state index >= 15 is 0 Å². The highest BCUT2D eigenvalue weighted by Gasteiger charge is 2.17. The normalized spacial score (nSPS) is 11.0. The van der Waals surface area contributed by atoms with Crippen molar-refractivity contribution in [1.82, 2.24) is 4.90 Å². The maximum Gasteiger partial charge on any atom is 0.261 e. The highest BCUT2D eigenvalue weighted by Crippen LogP contribution is 2.22. The number of para-hydroxylation sites is 1. The summed E-state index contributed by atoms with van der Waals surface area (Å²) in [6.07, 6.45) is 0. The van der Waals surface area contributed by atoms with Crippen LogP contribution >= 0.6 is 0 Å². The molecule has 0 unspecified atom stereocenters. The molecule has 0 saturated carbocycles. The van der Waals surface area contributed by atoms with Gasteiger partial charge in [0.15, 0.2) is 0 Å². The van der Waals surface area contributed by atoms with E-state index in [1.807, 2.05) is 31.2 Å². The molecule has 0 bridgehead atoms. The van der Waals surface area contributed by atoms with Gasteiger partial charge in [0.05, 0.1) is 11.5 Å². The number of nitrogens with one attached hydrogen (secondary N) is 1. The number of sulfonamides is 1. The summed E-state index contributed by atoms with van der Waals surface area (Å²) in [4.78, 5) is 14.6. The van der Waals surface area contributed by atoms with Gasteiger partial charge in [0.1, 0.15) is 5.75 Å². The van der Waals surface area contributed by atoms with Crippen molar-refractivity contribution in [2.45, 2.75) is 18.4 Å². The topological polar surface area (TPSA) is 75.7 Å². The van der Waals surface area contributed by atoms with Gasteiger partial charge >= 0.3 is 0 Å². The van der Waals surface area contributed by atoms with Crippen LogP contribution in [0.25, 0.3) is 0 Å². The van der Waals surface area contributed by atoms with E-state index in [1.54, 1.807) is 48.3 Å². The quantitative estimate of drug-likeness (QED) is 0.589. The minimum Gasteiger partial charge on any atom is -0.494 e. The predicted molar refractivity (Wildman–Crippen MR) is 117 cm³/mol. The fourth-order valence-electron chi connectivity index (χ4n) is 3.01. The van der Waals surface area contributed by atoms with Gasteiger partial charge in [-0.1, -0.05) is 42.5 Å². The van der Waals surface area contributed by atoms with Gasteiger partial charge < -0.3 is 9.64 Å². The van der Waals surface area contributed by atoms with Crippen molar-refractivity contribution in [2.24, 2.45) is 0 Å². The van der Waals surface area contributed by atoms with E-state index in [-0.39, 0.29) is 10.8 Å². The van der Waals surface area contributed by atoms with E-state index in [1.165, 1.54) is 18.2 Å². The highest BCUT2D eigenvalue weighted by atomic mass is 32.2. The Morgan fingerprint density at radius 2 is 1.67 bits per heavy atom. The average Bonchev–Trinajstić information content (AvgIpc) is 2.75. The first kappa shape index (κ1) is 21.4. The van der Waals surface area contributed by atoms with E-state index in [4.69, 9.17) is 4.74 Å². The van der Waals surface area contributed by atoms with Crippen LogP contribution in [0.4, 0.5) is 5.69 Å². The summed E-state index contributed by atoms with van der Waals surface area (Å²) in [5.74, 6) is 0.520. The summed E-state index contributed by atoms with van der Waals surface area (Å²) in [7, 11) is -2.03. The molecule has 0 radical (unpaired) electrons. The van der Waals surface area contributed by atoms with Crippen molar-refractivity contribution in [3.05, 3.63) is 90.0 Å². The number of anilines is 1. The number of amides is 1. The zero-order valence-corrected chi connectivity index (χ0v) is 17.7. The lowest BCUT2D eigenvalue weighted by Crippen LogP contribution is -2.26. The molecule has 0 fully saturated rings. The summed E-state index contributed by atoms with van der Waals surface area (Å²) in [6.45, 7) is 2.82. The largest absolute Gasteiger partial charge is 0.494 e. The second-order valence-electron chi connectivity index (χ2n) is 6.70. The molecule has 0 heterocycles. The molecular weight excluding hydrogens is 400 g/mol. The first-order chi connectivity index (χ1) is 14.4. The van der Waals surface area contributed by atoms with Gasteiger partial charge in [-0.25, -0.2) is 8.42 Å². The number of nitrogens with zero attached hydrogens (tertiary/aromatic N) is 1. The molecule has 0 atom stereocenters. The maximum absolute atomic E-state index is 12.9. The molecule has 3 rings (SSSR count). The summed E-state index contributed by atoms with van der Waals surface area (Å²) < 4.78 is 33.2. The van der Waals surface area contributed by atoms with Crippen LogP contribution in [0.15, 0.2) is 83.8 Å². The third-order valence-corrected chi connectivity index (χ3v) is 5.84. The summed E-state index contributed by atoms with van der Waals surface area (Å²) in [6, 6.07) is 22.1. The third kappa shape index (κ3) is 5.18. The van der Waals surface area contributed by atoms with Crippen LogP contribution in [0.1, 0.15) is 22.8 Å². The van der Waals surface area contributed by atoms with Gasteiger partial charge in [-0.05, 0) is 43.3 Å². The van der Waals surface area contributed by atoms with Gasteiger partial charge in [0.2, 0.25) is 0 Å². The molecule has 6 nitrogen and oxygen atoms in total. The molecule has 1 N–H and O–H groups in total. The number of ether oxygens (including phenoxy) is 1. The van der Waals surface area contributed by atoms with Crippen molar-refractivity contribution >= 4 is 21.6 Å². The second kappa shape index (κ2) is 9.45. The molecule has 3 aromatic carbocycles. The molecule has 156 valence electrons. The van der Waals surface area contributed by atoms with Crippen LogP contribution in [-0.4, -0.2) is 32.9 Å². The smallest absolute Gasteiger partial charge is 0.261 e. The molecule has 0 aliphatic heterocycles. The van der Waals surface area contributed by atoms with Crippen LogP contribution in [-0.2, 0) is 16.6 Å². The number of benzene rings is 3. The van der Waals surface area contributed by atoms with E-state index in [0.29, 0.717) is 24.4 Å². The molecule has 3 aromatic rings. The Morgan fingerprint density at radius 1 is 0.967 bits per heavy atom. The average molecular weight is 425 g/mol. The van der Waals surface area contributed by atoms with Crippen molar-refractivity contribution in [1.29, 1.82) is 0 Å². The Kier molecular flexibility index (Phi) is 6.74. The lowest BCUT2D eigenvalue weighted by Gasteiger charge is -2.20. The maximum atomic E-state index is 12.9. The van der Waals surface area contributed by atoms with Gasteiger partial charge in [-0.3, -0.25) is 9.52 Å². The molecular formula is C23H24N2O4S. The van der Waals surface area contributed by atoms with Crippen molar-refractivity contribution in [3.8, 4) is 5.75 Å². The van der Waals surface area contributed by atoms with Crippen LogP contribution in [0.2, 0.25) is 0 Å². The number of hydrogen-bond donors (Lipinski definition) is 1. The van der Waals surface area contributed by atoms with Crippen LogP contribution in [0, 0.1) is 0 Å². The van der Waals surface area contributed by atoms with Crippen molar-refractivity contribution < 1.29 is 17.9 Å². The molecule has 0 spiro atoms. The Bertz CT molecular complexity index is 1110. The first-order valence-electron chi connectivity index (χ1n) is 9.55. The number of carbonyl (C=O) groups is 1. The van der Waals surface area contributed by atoms with E-state index in [0.717, 1.165) is 11.3 Å². The van der Waals surface area contributed by atoms with Gasteiger partial charge in [0, 0.05) is 30.4 Å². The van der Waals surface area contributed by atoms with E-state index in [2.05, 4.69) is 4.72 Å². The zero-order chi connectivity index (χ0) is 21.6. The van der Waals surface area contributed by atoms with Crippen LogP contribution < -0.4 is 9.46 Å². The Balaban J connectivity index is 1.76. The lowest BCUT2D eigenvalue weighted by atomic mass is 10.1. The van der Waals surface area contributed by atoms with Crippen molar-refractivity contribution in [3.63, 3.8) is 0 Å². The molecule has 0 aliphatic rings. The molecule has 0 aliphatic carbocycles. The Morgan fingerprint density at radius 3 is 2.40 bits per heavy atom. The predicted octanol–water partition coefficient (Wildman–Crippen LogP) is 4.16. The summed E-state index contributed by atoms with van der Waals surface area (Å²) in [5, 5.41) is 0. The standard InChI is InChI=1S/C23H24N2O4S/c1-3-29-22-15-8-7-10-19(22)17-25(2)23(26)18-11-9-12-20(16-18)24-30(27,28)21-13-5-4-6-14-21/h4-16,24H,3,17H2,1-2H3. The summed E-state index contributed by atoms with van der Waals surface area (Å²) >= 11 is 0. The van der Waals surface area contributed by atoms with Crippen LogP contribution in [0.3, 0.4) is 0 Å². The van der Waals surface area contributed by atoms with E-state index in [9.17, 15) is 13.2 Å². The second-order valence-corrected chi connectivity index (χ2v) is 8.38. The first-order valence-corrected chi connectivity index (χ1v) is 11.0. The minimum atomic E-state index is -3.73. The molecule has 1 amide bonds. The fourth-order valence-corrected chi connectivity index (χ4v) is 4.08. The number of rotatable bonds is 8. The minimum absolute atomic E-state index is 0.159. The van der Waals surface area contributed by atoms with Crippen LogP contribution in [0.5, 0.6) is 5.75 Å². The van der Waals surface area contributed by atoms with Gasteiger partial charge in [-0.15, -0.1) is 0 Å².